The van der Waals surface area contributed by atoms with Crippen molar-refractivity contribution in [2.24, 2.45) is 0 Å². The number of nitrogens with zero attached hydrogens (tertiary/aromatic N) is 1. The molecule has 2 aromatic carbocycles. The van der Waals surface area contributed by atoms with Gasteiger partial charge in [0.25, 0.3) is 5.91 Å². The van der Waals surface area contributed by atoms with Crippen molar-refractivity contribution in [3.8, 4) is 11.3 Å². The lowest BCUT2D eigenvalue weighted by atomic mass is 10.2. The molecule has 23 heavy (non-hydrogen) atoms. The molecule has 0 spiro atoms. The van der Waals surface area contributed by atoms with Gasteiger partial charge in [0.1, 0.15) is 11.6 Å². The van der Waals surface area contributed by atoms with E-state index in [0.717, 1.165) is 17.7 Å². The molecule has 1 heterocycles. The maximum Gasteiger partial charge on any atom is 0.257 e. The zero-order chi connectivity index (χ0) is 16.4. The van der Waals surface area contributed by atoms with Crippen molar-refractivity contribution in [1.29, 1.82) is 0 Å². The molecule has 0 aliphatic heterocycles. The lowest BCUT2D eigenvalue weighted by molar-refractivity contribution is 0.102. The number of anilines is 1. The highest BCUT2D eigenvalue weighted by atomic mass is 35.5. The molecule has 0 atom stereocenters. The van der Waals surface area contributed by atoms with E-state index < -0.39 is 17.5 Å². The number of hydrogen-bond donors (Lipinski definition) is 1. The number of carbonyl (C=O) groups is 1. The SMILES string of the molecule is O=C(Nc1nc(-c2ccccc2Cl)cs1)c1cc(F)cc(F)c1. The number of carbonyl (C=O) groups excluding carboxylic acids is 1. The lowest BCUT2D eigenvalue weighted by Crippen LogP contribution is -2.12. The third kappa shape index (κ3) is 3.55. The van der Waals surface area contributed by atoms with Crippen LogP contribution in [0.2, 0.25) is 5.02 Å². The van der Waals surface area contributed by atoms with E-state index in [-0.39, 0.29) is 5.56 Å². The molecule has 0 radical (unpaired) electrons. The standard InChI is InChI=1S/C16H9ClF2N2OS/c17-13-4-2-1-3-12(13)14-8-23-16(20-14)21-15(22)9-5-10(18)7-11(19)6-9/h1-8H,(H,20,21,22). The van der Waals surface area contributed by atoms with Gasteiger partial charge in [-0.05, 0) is 18.2 Å². The summed E-state index contributed by atoms with van der Waals surface area (Å²) in [5, 5.41) is 5.11. The smallest absolute Gasteiger partial charge is 0.257 e. The first-order valence-electron chi connectivity index (χ1n) is 6.51. The van der Waals surface area contributed by atoms with Crippen LogP contribution in [0.15, 0.2) is 47.8 Å². The third-order valence-electron chi connectivity index (χ3n) is 3.00. The molecule has 1 amide bonds. The van der Waals surface area contributed by atoms with Crippen LogP contribution >= 0.6 is 22.9 Å². The van der Waals surface area contributed by atoms with Gasteiger partial charge in [-0.3, -0.25) is 10.1 Å². The predicted octanol–water partition coefficient (Wildman–Crippen LogP) is 4.99. The molecular weight excluding hydrogens is 342 g/mol. The molecule has 0 unspecified atom stereocenters. The summed E-state index contributed by atoms with van der Waals surface area (Å²) in [5.41, 5.74) is 1.24. The first-order valence-corrected chi connectivity index (χ1v) is 7.76. The van der Waals surface area contributed by atoms with Gasteiger partial charge >= 0.3 is 0 Å². The normalized spacial score (nSPS) is 10.6. The minimum Gasteiger partial charge on any atom is -0.298 e. The topological polar surface area (TPSA) is 42.0 Å². The Hall–Kier alpha value is -2.31. The molecule has 0 aliphatic rings. The highest BCUT2D eigenvalue weighted by Gasteiger charge is 2.13. The van der Waals surface area contributed by atoms with Crippen LogP contribution in [-0.2, 0) is 0 Å². The molecule has 1 aromatic heterocycles. The molecule has 0 fully saturated rings. The second-order valence-corrected chi connectivity index (χ2v) is 5.90. The summed E-state index contributed by atoms with van der Waals surface area (Å²) < 4.78 is 26.3. The summed E-state index contributed by atoms with van der Waals surface area (Å²) in [7, 11) is 0. The van der Waals surface area contributed by atoms with Crippen molar-refractivity contribution in [2.75, 3.05) is 5.32 Å². The minimum absolute atomic E-state index is 0.114. The highest BCUT2D eigenvalue weighted by Crippen LogP contribution is 2.30. The molecule has 7 heteroatoms. The number of thiazole rings is 1. The van der Waals surface area contributed by atoms with Gasteiger partial charge in [-0.15, -0.1) is 11.3 Å². The van der Waals surface area contributed by atoms with Crippen LogP contribution in [0.25, 0.3) is 11.3 Å². The van der Waals surface area contributed by atoms with Gasteiger partial charge in [-0.2, -0.15) is 0 Å². The van der Waals surface area contributed by atoms with Gasteiger partial charge in [0, 0.05) is 27.6 Å². The van der Waals surface area contributed by atoms with Crippen LogP contribution in [0, 0.1) is 11.6 Å². The van der Waals surface area contributed by atoms with Crippen LogP contribution < -0.4 is 5.32 Å². The number of nitrogens with one attached hydrogen (secondary N) is 1. The molecule has 3 nitrogen and oxygen atoms in total. The van der Waals surface area contributed by atoms with E-state index in [1.54, 1.807) is 17.5 Å². The van der Waals surface area contributed by atoms with Gasteiger partial charge in [0.15, 0.2) is 5.13 Å². The Morgan fingerprint density at radius 2 is 1.83 bits per heavy atom. The Morgan fingerprint density at radius 3 is 2.52 bits per heavy atom. The van der Waals surface area contributed by atoms with E-state index in [0.29, 0.717) is 21.9 Å². The molecule has 0 aliphatic carbocycles. The number of rotatable bonds is 3. The fourth-order valence-electron chi connectivity index (χ4n) is 1.98. The zero-order valence-corrected chi connectivity index (χ0v) is 13.1. The molecule has 116 valence electrons. The summed E-state index contributed by atoms with van der Waals surface area (Å²) in [5.74, 6) is -2.26. The van der Waals surface area contributed by atoms with Crippen molar-refractivity contribution < 1.29 is 13.6 Å². The van der Waals surface area contributed by atoms with Gasteiger partial charge < -0.3 is 0 Å². The maximum atomic E-state index is 13.1. The van der Waals surface area contributed by atoms with E-state index in [1.165, 1.54) is 11.3 Å². The van der Waals surface area contributed by atoms with Crippen LogP contribution in [0.3, 0.4) is 0 Å². The molecule has 3 aromatic rings. The van der Waals surface area contributed by atoms with Gasteiger partial charge in [-0.1, -0.05) is 29.8 Å². The van der Waals surface area contributed by atoms with Crippen molar-refractivity contribution in [3.63, 3.8) is 0 Å². The zero-order valence-electron chi connectivity index (χ0n) is 11.5. The molecule has 1 N–H and O–H groups in total. The molecule has 0 saturated carbocycles. The summed E-state index contributed by atoms with van der Waals surface area (Å²) in [4.78, 5) is 16.3. The summed E-state index contributed by atoms with van der Waals surface area (Å²) in [6, 6.07) is 9.81. The number of amides is 1. The van der Waals surface area contributed by atoms with Crippen molar-refractivity contribution in [2.45, 2.75) is 0 Å². The maximum absolute atomic E-state index is 13.1. The van der Waals surface area contributed by atoms with E-state index in [9.17, 15) is 13.6 Å². The Morgan fingerprint density at radius 1 is 1.13 bits per heavy atom. The fraction of sp³-hybridized carbons (Fsp3) is 0. The summed E-state index contributed by atoms with van der Waals surface area (Å²) in [6.45, 7) is 0. The third-order valence-corrected chi connectivity index (χ3v) is 4.09. The predicted molar refractivity (Wildman–Crippen MR) is 86.9 cm³/mol. The molecular formula is C16H9ClF2N2OS. The Kier molecular flexibility index (Phi) is 4.36. The van der Waals surface area contributed by atoms with Crippen LogP contribution in [0.1, 0.15) is 10.4 Å². The monoisotopic (exact) mass is 350 g/mol. The number of halogens is 3. The van der Waals surface area contributed by atoms with Crippen molar-refractivity contribution in [3.05, 3.63) is 70.1 Å². The van der Waals surface area contributed by atoms with Gasteiger partial charge in [0.2, 0.25) is 0 Å². The van der Waals surface area contributed by atoms with E-state index in [4.69, 9.17) is 11.6 Å². The van der Waals surface area contributed by atoms with E-state index in [1.807, 2.05) is 12.1 Å². The van der Waals surface area contributed by atoms with E-state index >= 15 is 0 Å². The van der Waals surface area contributed by atoms with E-state index in [2.05, 4.69) is 10.3 Å². The molecule has 0 bridgehead atoms. The largest absolute Gasteiger partial charge is 0.298 e. The second kappa shape index (κ2) is 6.44. The number of benzene rings is 2. The Balaban J connectivity index is 1.82. The van der Waals surface area contributed by atoms with Crippen LogP contribution in [0.5, 0.6) is 0 Å². The number of aromatic nitrogens is 1. The van der Waals surface area contributed by atoms with Crippen LogP contribution in [-0.4, -0.2) is 10.9 Å². The Labute approximate surface area is 139 Å². The summed E-state index contributed by atoms with van der Waals surface area (Å²) in [6.07, 6.45) is 0. The second-order valence-electron chi connectivity index (χ2n) is 4.63. The Bertz CT molecular complexity index is 862. The van der Waals surface area contributed by atoms with Gasteiger partial charge in [0.05, 0.1) is 5.69 Å². The van der Waals surface area contributed by atoms with Crippen molar-refractivity contribution in [1.82, 2.24) is 4.98 Å². The summed E-state index contributed by atoms with van der Waals surface area (Å²) >= 11 is 7.29. The first kappa shape index (κ1) is 15.6. The van der Waals surface area contributed by atoms with Gasteiger partial charge in [-0.25, -0.2) is 13.8 Å². The molecule has 0 saturated heterocycles. The molecule has 3 rings (SSSR count). The number of hydrogen-bond acceptors (Lipinski definition) is 3. The fourth-order valence-corrected chi connectivity index (χ4v) is 2.92. The van der Waals surface area contributed by atoms with Crippen LogP contribution in [0.4, 0.5) is 13.9 Å². The average Bonchev–Trinajstić information content (AvgIpc) is 2.95. The quantitative estimate of drug-likeness (QED) is 0.722. The average molecular weight is 351 g/mol. The first-order chi connectivity index (χ1) is 11.0. The lowest BCUT2D eigenvalue weighted by Gasteiger charge is -2.02. The highest BCUT2D eigenvalue weighted by molar-refractivity contribution is 7.14. The minimum atomic E-state index is -0.814. The van der Waals surface area contributed by atoms with Crippen molar-refractivity contribution >= 4 is 34.0 Å².